The van der Waals surface area contributed by atoms with Crippen LogP contribution in [0, 0.1) is 5.41 Å². The molecule has 0 atom stereocenters. The van der Waals surface area contributed by atoms with Gasteiger partial charge in [0.25, 0.3) is 0 Å². The number of pyridine rings is 1. The van der Waals surface area contributed by atoms with Gasteiger partial charge in [0.1, 0.15) is 5.82 Å². The normalized spacial score (nSPS) is 20.1. The minimum Gasteiger partial charge on any atom is -0.362 e. The van der Waals surface area contributed by atoms with E-state index in [1.165, 1.54) is 50.6 Å². The topological polar surface area (TPSA) is 43.8 Å². The van der Waals surface area contributed by atoms with Crippen LogP contribution in [0.3, 0.4) is 0 Å². The van der Waals surface area contributed by atoms with Crippen LogP contribution in [0.15, 0.2) is 23.3 Å². The van der Waals surface area contributed by atoms with Crippen LogP contribution < -0.4 is 10.2 Å². The molecule has 2 heterocycles. The molecular formula is C20H33N5. The molecule has 1 aliphatic carbocycles. The summed E-state index contributed by atoms with van der Waals surface area (Å²) in [7, 11) is 4.07. The third-order valence-electron chi connectivity index (χ3n) is 5.68. The quantitative estimate of drug-likeness (QED) is 0.673. The van der Waals surface area contributed by atoms with E-state index in [1.807, 2.05) is 26.4 Å². The number of anilines is 1. The van der Waals surface area contributed by atoms with Gasteiger partial charge in [-0.3, -0.25) is 0 Å². The monoisotopic (exact) mass is 343 g/mol. The first kappa shape index (κ1) is 18.0. The smallest absolute Gasteiger partial charge is 0.194 e. The zero-order valence-electron chi connectivity index (χ0n) is 16.1. The highest BCUT2D eigenvalue weighted by Gasteiger charge is 2.39. The van der Waals surface area contributed by atoms with E-state index in [0.29, 0.717) is 12.0 Å². The number of aliphatic imine (C=N–C) groups is 1. The molecule has 25 heavy (non-hydrogen) atoms. The van der Waals surface area contributed by atoms with Gasteiger partial charge in [0.15, 0.2) is 5.96 Å². The second-order valence-corrected chi connectivity index (χ2v) is 7.78. The third kappa shape index (κ3) is 4.25. The Morgan fingerprint density at radius 3 is 2.80 bits per heavy atom. The van der Waals surface area contributed by atoms with Gasteiger partial charge in [0.05, 0.1) is 6.54 Å². The van der Waals surface area contributed by atoms with Crippen molar-refractivity contribution in [3.63, 3.8) is 0 Å². The van der Waals surface area contributed by atoms with Crippen LogP contribution in [0.1, 0.15) is 51.0 Å². The maximum absolute atomic E-state index is 4.95. The van der Waals surface area contributed by atoms with Gasteiger partial charge in [-0.25, -0.2) is 9.98 Å². The molecule has 1 aromatic heterocycles. The molecule has 0 radical (unpaired) electrons. The first-order valence-electron chi connectivity index (χ1n) is 9.78. The Morgan fingerprint density at radius 1 is 1.28 bits per heavy atom. The van der Waals surface area contributed by atoms with Gasteiger partial charge in [-0.1, -0.05) is 25.3 Å². The van der Waals surface area contributed by atoms with Crippen molar-refractivity contribution in [3.8, 4) is 0 Å². The van der Waals surface area contributed by atoms with E-state index < -0.39 is 0 Å². The Balaban J connectivity index is 1.72. The Kier molecular flexibility index (Phi) is 5.82. The Morgan fingerprint density at radius 2 is 2.08 bits per heavy atom. The second-order valence-electron chi connectivity index (χ2n) is 7.78. The minimum absolute atomic E-state index is 0.553. The molecule has 5 nitrogen and oxygen atoms in total. The van der Waals surface area contributed by atoms with Crippen LogP contribution in [0.25, 0.3) is 0 Å². The van der Waals surface area contributed by atoms with E-state index in [1.54, 1.807) is 0 Å². The lowest BCUT2D eigenvalue weighted by Crippen LogP contribution is -2.41. The van der Waals surface area contributed by atoms with Gasteiger partial charge in [-0.2, -0.15) is 0 Å². The number of aromatic nitrogens is 1. The zero-order valence-corrected chi connectivity index (χ0v) is 16.1. The summed E-state index contributed by atoms with van der Waals surface area (Å²) in [5.74, 6) is 2.07. The number of hydrogen-bond acceptors (Lipinski definition) is 3. The summed E-state index contributed by atoms with van der Waals surface area (Å²) in [5.41, 5.74) is 1.73. The molecule has 0 aromatic carbocycles. The molecule has 3 rings (SSSR count). The zero-order chi connectivity index (χ0) is 17.7. The molecule has 2 aliphatic rings. The van der Waals surface area contributed by atoms with Gasteiger partial charge in [-0.15, -0.1) is 0 Å². The van der Waals surface area contributed by atoms with Gasteiger partial charge in [-0.05, 0) is 37.7 Å². The highest BCUT2D eigenvalue weighted by molar-refractivity contribution is 5.80. The maximum atomic E-state index is 4.95. The lowest BCUT2D eigenvalue weighted by atomic mass is 9.73. The van der Waals surface area contributed by atoms with Crippen LogP contribution in [-0.2, 0) is 6.54 Å². The van der Waals surface area contributed by atoms with Crippen molar-refractivity contribution >= 4 is 11.8 Å². The average Bonchev–Trinajstić information content (AvgIpc) is 3.02. The van der Waals surface area contributed by atoms with Crippen molar-refractivity contribution in [3.05, 3.63) is 23.9 Å². The lowest BCUT2D eigenvalue weighted by Gasteiger charge is -2.33. The fourth-order valence-corrected chi connectivity index (χ4v) is 4.37. The average molecular weight is 344 g/mol. The SMILES string of the molecule is CCNC(=NCc1cccnc1N(C)C)N1CCC2(CCCCC2)C1. The van der Waals surface area contributed by atoms with Crippen molar-refractivity contribution in [1.82, 2.24) is 15.2 Å². The van der Waals surface area contributed by atoms with Crippen molar-refractivity contribution < 1.29 is 0 Å². The number of hydrogen-bond donors (Lipinski definition) is 1. The molecule has 1 saturated heterocycles. The van der Waals surface area contributed by atoms with E-state index in [9.17, 15) is 0 Å². The summed E-state index contributed by atoms with van der Waals surface area (Å²) < 4.78 is 0. The number of guanidine groups is 1. The highest BCUT2D eigenvalue weighted by atomic mass is 15.3. The minimum atomic E-state index is 0.553. The highest BCUT2D eigenvalue weighted by Crippen LogP contribution is 2.43. The fraction of sp³-hybridized carbons (Fsp3) is 0.700. The van der Waals surface area contributed by atoms with E-state index in [2.05, 4.69) is 33.1 Å². The van der Waals surface area contributed by atoms with E-state index >= 15 is 0 Å². The van der Waals surface area contributed by atoms with Crippen LogP contribution in [0.4, 0.5) is 5.82 Å². The lowest BCUT2D eigenvalue weighted by molar-refractivity contribution is 0.203. The molecule has 0 amide bonds. The van der Waals surface area contributed by atoms with E-state index in [-0.39, 0.29) is 0 Å². The van der Waals surface area contributed by atoms with E-state index in [0.717, 1.165) is 24.9 Å². The molecule has 1 N–H and O–H groups in total. The van der Waals surface area contributed by atoms with Gasteiger partial charge < -0.3 is 15.1 Å². The molecule has 138 valence electrons. The van der Waals surface area contributed by atoms with Crippen molar-refractivity contribution in [1.29, 1.82) is 0 Å². The predicted octanol–water partition coefficient (Wildman–Crippen LogP) is 3.27. The Bertz CT molecular complexity index is 590. The molecule has 1 spiro atoms. The standard InChI is InChI=1S/C20H33N5/c1-4-21-19(23-15-17-9-8-13-22-18(17)24(2)3)25-14-12-20(16-25)10-6-5-7-11-20/h8-9,13H,4-7,10-12,14-16H2,1-3H3,(H,21,23). The first-order valence-corrected chi connectivity index (χ1v) is 9.78. The van der Waals surface area contributed by atoms with Gasteiger partial charge >= 0.3 is 0 Å². The number of nitrogens with zero attached hydrogens (tertiary/aromatic N) is 4. The van der Waals surface area contributed by atoms with Crippen molar-refractivity contribution in [2.45, 2.75) is 52.0 Å². The van der Waals surface area contributed by atoms with Crippen LogP contribution in [0.5, 0.6) is 0 Å². The molecule has 0 bridgehead atoms. The molecule has 1 saturated carbocycles. The maximum Gasteiger partial charge on any atom is 0.194 e. The molecule has 1 aromatic rings. The molecule has 2 fully saturated rings. The summed E-state index contributed by atoms with van der Waals surface area (Å²) in [6, 6.07) is 4.12. The number of nitrogens with one attached hydrogen (secondary N) is 1. The van der Waals surface area contributed by atoms with Crippen molar-refractivity contribution in [2.24, 2.45) is 10.4 Å². The fourth-order valence-electron chi connectivity index (χ4n) is 4.37. The Hall–Kier alpha value is -1.78. The van der Waals surface area contributed by atoms with Crippen molar-refractivity contribution in [2.75, 3.05) is 38.6 Å². The molecule has 0 unspecified atom stereocenters. The second kappa shape index (κ2) is 8.07. The van der Waals surface area contributed by atoms with Crippen LogP contribution in [-0.4, -0.2) is 49.6 Å². The molecule has 5 heteroatoms. The third-order valence-corrected chi connectivity index (χ3v) is 5.68. The summed E-state index contributed by atoms with van der Waals surface area (Å²) in [6.45, 7) is 6.05. The number of likely N-dealkylation sites (tertiary alicyclic amines) is 1. The first-order chi connectivity index (χ1) is 12.1. The molecule has 1 aliphatic heterocycles. The summed E-state index contributed by atoms with van der Waals surface area (Å²) in [4.78, 5) is 14.0. The van der Waals surface area contributed by atoms with E-state index in [4.69, 9.17) is 4.99 Å². The summed E-state index contributed by atoms with van der Waals surface area (Å²) in [5, 5.41) is 3.51. The summed E-state index contributed by atoms with van der Waals surface area (Å²) >= 11 is 0. The molecular weight excluding hydrogens is 310 g/mol. The van der Waals surface area contributed by atoms with Gasteiger partial charge in [0, 0.05) is 45.5 Å². The number of rotatable bonds is 4. The van der Waals surface area contributed by atoms with Crippen LogP contribution in [0.2, 0.25) is 0 Å². The Labute approximate surface area is 152 Å². The van der Waals surface area contributed by atoms with Gasteiger partial charge in [0.2, 0.25) is 0 Å². The largest absolute Gasteiger partial charge is 0.362 e. The predicted molar refractivity (Wildman–Crippen MR) is 105 cm³/mol. The summed E-state index contributed by atoms with van der Waals surface area (Å²) in [6.07, 6.45) is 10.2. The van der Waals surface area contributed by atoms with Crippen LogP contribution >= 0.6 is 0 Å².